The van der Waals surface area contributed by atoms with Crippen molar-refractivity contribution in [2.24, 2.45) is 4.99 Å². The van der Waals surface area contributed by atoms with Crippen LogP contribution in [-0.2, 0) is 4.79 Å². The van der Waals surface area contributed by atoms with Gasteiger partial charge in [0.05, 0.1) is 47.1 Å². The Morgan fingerprint density at radius 1 is 0.970 bits per heavy atom. The van der Waals surface area contributed by atoms with Crippen LogP contribution in [0, 0.1) is 10.1 Å². The molecule has 1 amide bonds. The average molecular weight is 461 g/mol. The van der Waals surface area contributed by atoms with E-state index in [1.807, 2.05) is 48.5 Å². The number of rotatable bonds is 6. The van der Waals surface area contributed by atoms with E-state index in [1.54, 1.807) is 12.1 Å². The molecule has 166 valence electrons. The van der Waals surface area contributed by atoms with Crippen molar-refractivity contribution in [3.63, 3.8) is 0 Å². The minimum absolute atomic E-state index is 0.201. The Kier molecular flexibility index (Phi) is 6.41. The Balaban J connectivity index is 1.83. The summed E-state index contributed by atoms with van der Waals surface area (Å²) in [5, 5.41) is 12.1. The largest absolute Gasteiger partial charge is 0.493 e. The lowest BCUT2D eigenvalue weighted by atomic mass is 10.1. The van der Waals surface area contributed by atoms with Crippen LogP contribution in [0.2, 0.25) is 0 Å². The number of hydrogen-bond donors (Lipinski definition) is 0. The molecular weight excluding hydrogens is 442 g/mol. The molecule has 4 rings (SSSR count). The Morgan fingerprint density at radius 2 is 1.58 bits per heavy atom. The second kappa shape index (κ2) is 9.58. The predicted molar refractivity (Wildman–Crippen MR) is 129 cm³/mol. The van der Waals surface area contributed by atoms with Crippen LogP contribution < -0.4 is 14.4 Å². The lowest BCUT2D eigenvalue weighted by Crippen LogP contribution is -2.28. The maximum absolute atomic E-state index is 13.4. The molecule has 0 unspecified atom stereocenters. The summed E-state index contributed by atoms with van der Waals surface area (Å²) in [6, 6.07) is 21.2. The van der Waals surface area contributed by atoms with Crippen LogP contribution in [0.15, 0.2) is 82.7 Å². The van der Waals surface area contributed by atoms with Crippen molar-refractivity contribution in [3.05, 3.63) is 93.4 Å². The second-order valence-corrected chi connectivity index (χ2v) is 7.85. The molecule has 0 bridgehead atoms. The summed E-state index contributed by atoms with van der Waals surface area (Å²) in [5.74, 6) is 0.224. The molecule has 3 aromatic carbocycles. The summed E-state index contributed by atoms with van der Waals surface area (Å²) in [5.41, 5.74) is 1.36. The van der Waals surface area contributed by atoms with Crippen molar-refractivity contribution in [2.75, 3.05) is 19.1 Å². The van der Waals surface area contributed by atoms with E-state index in [4.69, 9.17) is 9.47 Å². The molecule has 0 aromatic heterocycles. The van der Waals surface area contributed by atoms with E-state index in [0.29, 0.717) is 27.2 Å². The summed E-state index contributed by atoms with van der Waals surface area (Å²) >= 11 is 1.15. The maximum Gasteiger partial charge on any atom is 0.280 e. The molecule has 0 atom stereocenters. The van der Waals surface area contributed by atoms with Crippen LogP contribution >= 0.6 is 11.8 Å². The number of anilines is 1. The van der Waals surface area contributed by atoms with E-state index in [0.717, 1.165) is 11.8 Å². The van der Waals surface area contributed by atoms with Crippen molar-refractivity contribution >= 4 is 46.0 Å². The smallest absolute Gasteiger partial charge is 0.280 e. The molecule has 0 aliphatic carbocycles. The number of hydrogen-bond acceptors (Lipinski definition) is 7. The van der Waals surface area contributed by atoms with E-state index < -0.39 is 4.92 Å². The Bertz CT molecular complexity index is 1260. The summed E-state index contributed by atoms with van der Waals surface area (Å²) in [7, 11) is 2.85. The average Bonchev–Trinajstić information content (AvgIpc) is 3.14. The number of nitrogens with zero attached hydrogens (tertiary/aromatic N) is 3. The third-order valence-electron chi connectivity index (χ3n) is 4.82. The zero-order valence-corrected chi connectivity index (χ0v) is 18.6. The van der Waals surface area contributed by atoms with Gasteiger partial charge < -0.3 is 9.47 Å². The number of thioether (sulfide) groups is 1. The quantitative estimate of drug-likeness (QED) is 0.276. The van der Waals surface area contributed by atoms with Crippen molar-refractivity contribution in [1.29, 1.82) is 0 Å². The van der Waals surface area contributed by atoms with Crippen LogP contribution in [0.4, 0.5) is 17.1 Å². The van der Waals surface area contributed by atoms with Gasteiger partial charge in [0.1, 0.15) is 0 Å². The molecule has 3 aromatic rings. The first-order valence-corrected chi connectivity index (χ1v) is 10.7. The summed E-state index contributed by atoms with van der Waals surface area (Å²) < 4.78 is 10.5. The highest BCUT2D eigenvalue weighted by Crippen LogP contribution is 2.40. The molecule has 33 heavy (non-hydrogen) atoms. The van der Waals surface area contributed by atoms with Gasteiger partial charge in [0.15, 0.2) is 16.7 Å². The summed E-state index contributed by atoms with van der Waals surface area (Å²) in [6.07, 6.45) is 1.48. The lowest BCUT2D eigenvalue weighted by molar-refractivity contribution is -0.385. The molecule has 0 radical (unpaired) electrons. The van der Waals surface area contributed by atoms with E-state index in [-0.39, 0.29) is 22.9 Å². The highest BCUT2D eigenvalue weighted by molar-refractivity contribution is 8.19. The summed E-state index contributed by atoms with van der Waals surface area (Å²) in [6.45, 7) is 0. The van der Waals surface area contributed by atoms with Crippen molar-refractivity contribution in [3.8, 4) is 11.5 Å². The first-order chi connectivity index (χ1) is 16.0. The van der Waals surface area contributed by atoms with Crippen molar-refractivity contribution in [2.45, 2.75) is 0 Å². The zero-order valence-electron chi connectivity index (χ0n) is 17.8. The Morgan fingerprint density at radius 3 is 2.18 bits per heavy atom. The van der Waals surface area contributed by atoms with Gasteiger partial charge in [-0.05, 0) is 48.2 Å². The molecule has 0 saturated carbocycles. The molecule has 0 spiro atoms. The molecule has 1 aliphatic heterocycles. The van der Waals surface area contributed by atoms with Gasteiger partial charge in [-0.15, -0.1) is 0 Å². The number of nitro benzene ring substituents is 1. The van der Waals surface area contributed by atoms with Crippen LogP contribution in [-0.4, -0.2) is 30.2 Å². The number of methoxy groups -OCH3 is 2. The first-order valence-electron chi connectivity index (χ1n) is 9.85. The van der Waals surface area contributed by atoms with Crippen molar-refractivity contribution < 1.29 is 19.2 Å². The Labute approximate surface area is 194 Å². The normalized spacial score (nSPS) is 15.8. The second-order valence-electron chi connectivity index (χ2n) is 6.84. The van der Waals surface area contributed by atoms with Gasteiger partial charge in [-0.1, -0.05) is 36.4 Å². The molecule has 1 aliphatic rings. The fourth-order valence-electron chi connectivity index (χ4n) is 3.27. The molecule has 8 nitrogen and oxygen atoms in total. The third-order valence-corrected chi connectivity index (χ3v) is 5.79. The number of amides is 1. The number of carbonyl (C=O) groups excluding carboxylic acids is 1. The van der Waals surface area contributed by atoms with E-state index in [2.05, 4.69) is 4.99 Å². The van der Waals surface area contributed by atoms with Gasteiger partial charge in [-0.3, -0.25) is 19.8 Å². The first kappa shape index (κ1) is 22.1. The monoisotopic (exact) mass is 461 g/mol. The molecule has 1 saturated heterocycles. The Hall–Kier alpha value is -4.11. The molecule has 0 N–H and O–H groups in total. The molecule has 1 heterocycles. The minimum Gasteiger partial charge on any atom is -0.493 e. The van der Waals surface area contributed by atoms with E-state index in [1.165, 1.54) is 37.3 Å². The topological polar surface area (TPSA) is 94.3 Å². The van der Waals surface area contributed by atoms with Crippen LogP contribution in [0.5, 0.6) is 11.5 Å². The van der Waals surface area contributed by atoms with Crippen LogP contribution in [0.1, 0.15) is 5.56 Å². The zero-order chi connectivity index (χ0) is 23.4. The van der Waals surface area contributed by atoms with Crippen molar-refractivity contribution in [1.82, 2.24) is 0 Å². The third kappa shape index (κ3) is 4.58. The highest BCUT2D eigenvalue weighted by Gasteiger charge is 2.35. The van der Waals surface area contributed by atoms with Gasteiger partial charge in [0, 0.05) is 0 Å². The number of ether oxygens (including phenoxy) is 2. The van der Waals surface area contributed by atoms with Gasteiger partial charge in [-0.25, -0.2) is 4.99 Å². The fraction of sp³-hybridized carbons (Fsp3) is 0.0833. The van der Waals surface area contributed by atoms with Gasteiger partial charge >= 0.3 is 0 Å². The van der Waals surface area contributed by atoms with Crippen LogP contribution in [0.3, 0.4) is 0 Å². The number of carbonyl (C=O) groups is 1. The van der Waals surface area contributed by atoms with Gasteiger partial charge in [0.25, 0.3) is 11.6 Å². The maximum atomic E-state index is 13.4. The summed E-state index contributed by atoms with van der Waals surface area (Å²) in [4.78, 5) is 31.0. The standard InChI is InChI=1S/C24H19N3O5S/c1-31-20-13-16(19(27(29)30)15-21(20)32-2)14-22-23(28)26(18-11-7-4-8-12-18)24(33-22)25-17-9-5-3-6-10-17/h3-15H,1-2H3. The number of para-hydroxylation sites is 2. The minimum atomic E-state index is -0.521. The molecule has 9 heteroatoms. The SMILES string of the molecule is COc1cc(C=C2SC(=Nc3ccccc3)N(c3ccccc3)C2=O)c([N+](=O)[O-])cc1OC. The van der Waals surface area contributed by atoms with Gasteiger partial charge in [-0.2, -0.15) is 0 Å². The number of benzene rings is 3. The predicted octanol–water partition coefficient (Wildman–Crippen LogP) is 5.42. The highest BCUT2D eigenvalue weighted by atomic mass is 32.2. The molecule has 1 fully saturated rings. The van der Waals surface area contributed by atoms with Gasteiger partial charge in [0.2, 0.25) is 0 Å². The van der Waals surface area contributed by atoms with Crippen LogP contribution in [0.25, 0.3) is 6.08 Å². The fourth-order valence-corrected chi connectivity index (χ4v) is 4.26. The molecular formula is C24H19N3O5S. The number of aliphatic imine (C=N–C) groups is 1. The van der Waals surface area contributed by atoms with E-state index >= 15 is 0 Å². The number of amidine groups is 1. The lowest BCUT2D eigenvalue weighted by Gasteiger charge is -2.15. The number of nitro groups is 1. The van der Waals surface area contributed by atoms with E-state index in [9.17, 15) is 14.9 Å².